The Morgan fingerprint density at radius 1 is 1.29 bits per heavy atom. The SMILES string of the molecule is CC(NCc1ccc([N+](=O)[O-])cc1Br)c1ccc(F)cc1. The monoisotopic (exact) mass is 352 g/mol. The van der Waals surface area contributed by atoms with Gasteiger partial charge in [0.25, 0.3) is 5.69 Å². The van der Waals surface area contributed by atoms with Crippen LogP contribution in [0.1, 0.15) is 24.1 Å². The van der Waals surface area contributed by atoms with Crippen molar-refractivity contribution in [2.75, 3.05) is 0 Å². The molecule has 0 spiro atoms. The molecule has 0 bridgehead atoms. The molecule has 0 saturated carbocycles. The van der Waals surface area contributed by atoms with Gasteiger partial charge in [-0.15, -0.1) is 0 Å². The third-order valence-corrected chi connectivity index (χ3v) is 3.95. The van der Waals surface area contributed by atoms with Gasteiger partial charge < -0.3 is 5.32 Å². The van der Waals surface area contributed by atoms with Gasteiger partial charge in [0.1, 0.15) is 5.82 Å². The number of hydrogen-bond acceptors (Lipinski definition) is 3. The average Bonchev–Trinajstić information content (AvgIpc) is 2.46. The molecule has 0 saturated heterocycles. The second-order valence-corrected chi connectivity index (χ2v) is 5.54. The highest BCUT2D eigenvalue weighted by Gasteiger charge is 2.10. The van der Waals surface area contributed by atoms with E-state index in [4.69, 9.17) is 0 Å². The molecule has 110 valence electrons. The van der Waals surface area contributed by atoms with Crippen molar-refractivity contribution < 1.29 is 9.31 Å². The second kappa shape index (κ2) is 6.78. The second-order valence-electron chi connectivity index (χ2n) is 4.69. The molecule has 0 amide bonds. The van der Waals surface area contributed by atoms with E-state index in [1.54, 1.807) is 18.2 Å². The molecule has 1 unspecified atom stereocenters. The Morgan fingerprint density at radius 2 is 1.95 bits per heavy atom. The van der Waals surface area contributed by atoms with Crippen LogP contribution < -0.4 is 5.32 Å². The van der Waals surface area contributed by atoms with Gasteiger partial charge in [-0.3, -0.25) is 10.1 Å². The Hall–Kier alpha value is -1.79. The van der Waals surface area contributed by atoms with Crippen molar-refractivity contribution >= 4 is 21.6 Å². The number of nitrogens with one attached hydrogen (secondary N) is 1. The molecular formula is C15H14BrFN2O2. The van der Waals surface area contributed by atoms with Crippen LogP contribution in [0.4, 0.5) is 10.1 Å². The zero-order valence-corrected chi connectivity index (χ0v) is 12.9. The molecule has 2 aromatic rings. The Morgan fingerprint density at radius 3 is 2.52 bits per heavy atom. The molecule has 1 N–H and O–H groups in total. The standard InChI is InChI=1S/C15H14BrFN2O2/c1-10(11-2-5-13(17)6-3-11)18-9-12-4-7-14(19(20)21)8-15(12)16/h2-8,10,18H,9H2,1H3. The van der Waals surface area contributed by atoms with Crippen molar-refractivity contribution in [1.82, 2.24) is 5.32 Å². The van der Waals surface area contributed by atoms with Crippen LogP contribution in [0.15, 0.2) is 46.9 Å². The topological polar surface area (TPSA) is 55.2 Å². The highest BCUT2D eigenvalue weighted by molar-refractivity contribution is 9.10. The summed E-state index contributed by atoms with van der Waals surface area (Å²) >= 11 is 3.34. The summed E-state index contributed by atoms with van der Waals surface area (Å²) in [6.45, 7) is 2.53. The van der Waals surface area contributed by atoms with Gasteiger partial charge in [-0.25, -0.2) is 4.39 Å². The maximum absolute atomic E-state index is 12.9. The van der Waals surface area contributed by atoms with E-state index in [0.717, 1.165) is 11.1 Å². The predicted molar refractivity (Wildman–Crippen MR) is 82.5 cm³/mol. The Labute approximate surface area is 130 Å². The maximum Gasteiger partial charge on any atom is 0.270 e. The number of rotatable bonds is 5. The summed E-state index contributed by atoms with van der Waals surface area (Å²) in [5, 5.41) is 14.0. The van der Waals surface area contributed by atoms with Gasteiger partial charge in [-0.05, 0) is 36.2 Å². The van der Waals surface area contributed by atoms with Gasteiger partial charge in [0, 0.05) is 29.2 Å². The lowest BCUT2D eigenvalue weighted by Gasteiger charge is -2.15. The molecule has 21 heavy (non-hydrogen) atoms. The molecule has 2 rings (SSSR count). The lowest BCUT2D eigenvalue weighted by atomic mass is 10.1. The first-order valence-corrected chi connectivity index (χ1v) is 7.18. The molecule has 0 aliphatic carbocycles. The quantitative estimate of drug-likeness (QED) is 0.642. The van der Waals surface area contributed by atoms with Crippen LogP contribution in [-0.2, 0) is 6.54 Å². The molecule has 0 aliphatic heterocycles. The average molecular weight is 353 g/mol. The molecule has 1 atom stereocenters. The third kappa shape index (κ3) is 4.09. The lowest BCUT2D eigenvalue weighted by molar-refractivity contribution is -0.384. The molecule has 0 aromatic heterocycles. The van der Waals surface area contributed by atoms with Crippen LogP contribution in [0.3, 0.4) is 0 Å². The van der Waals surface area contributed by atoms with Crippen LogP contribution in [0, 0.1) is 15.9 Å². The number of nitro benzene ring substituents is 1. The number of halogens is 2. The van der Waals surface area contributed by atoms with Crippen molar-refractivity contribution in [2.45, 2.75) is 19.5 Å². The predicted octanol–water partition coefficient (Wildman–Crippen LogP) is 4.35. The van der Waals surface area contributed by atoms with Crippen LogP contribution in [-0.4, -0.2) is 4.92 Å². The fourth-order valence-corrected chi connectivity index (χ4v) is 2.43. The van der Waals surface area contributed by atoms with E-state index in [9.17, 15) is 14.5 Å². The minimum Gasteiger partial charge on any atom is -0.306 e. The van der Waals surface area contributed by atoms with E-state index in [1.165, 1.54) is 24.3 Å². The number of nitrogens with zero attached hydrogens (tertiary/aromatic N) is 1. The van der Waals surface area contributed by atoms with Gasteiger partial charge in [0.15, 0.2) is 0 Å². The lowest BCUT2D eigenvalue weighted by Crippen LogP contribution is -2.18. The number of hydrogen-bond donors (Lipinski definition) is 1. The first-order chi connectivity index (χ1) is 9.97. The molecule has 0 heterocycles. The van der Waals surface area contributed by atoms with Crippen molar-refractivity contribution in [1.29, 1.82) is 0 Å². The molecule has 0 radical (unpaired) electrons. The zero-order chi connectivity index (χ0) is 15.4. The van der Waals surface area contributed by atoms with E-state index in [0.29, 0.717) is 11.0 Å². The summed E-state index contributed by atoms with van der Waals surface area (Å²) in [6.07, 6.45) is 0. The number of non-ortho nitro benzene ring substituents is 1. The minimum absolute atomic E-state index is 0.0488. The molecule has 2 aromatic carbocycles. The van der Waals surface area contributed by atoms with Crippen molar-refractivity contribution in [3.05, 3.63) is 74.0 Å². The van der Waals surface area contributed by atoms with Crippen molar-refractivity contribution in [2.24, 2.45) is 0 Å². The van der Waals surface area contributed by atoms with Gasteiger partial charge in [0.05, 0.1) is 4.92 Å². The van der Waals surface area contributed by atoms with Crippen molar-refractivity contribution in [3.8, 4) is 0 Å². The van der Waals surface area contributed by atoms with Gasteiger partial charge in [-0.1, -0.05) is 28.1 Å². The molecule has 0 fully saturated rings. The fraction of sp³-hybridized carbons (Fsp3) is 0.200. The summed E-state index contributed by atoms with van der Waals surface area (Å²) in [4.78, 5) is 10.3. The number of benzene rings is 2. The van der Waals surface area contributed by atoms with E-state index >= 15 is 0 Å². The molecule has 6 heteroatoms. The largest absolute Gasteiger partial charge is 0.306 e. The van der Waals surface area contributed by atoms with Crippen molar-refractivity contribution in [3.63, 3.8) is 0 Å². The van der Waals surface area contributed by atoms with Crippen LogP contribution in [0.2, 0.25) is 0 Å². The number of nitro groups is 1. The first kappa shape index (κ1) is 15.6. The summed E-state index contributed by atoms with van der Waals surface area (Å²) < 4.78 is 13.6. The summed E-state index contributed by atoms with van der Waals surface area (Å²) in [7, 11) is 0. The first-order valence-electron chi connectivity index (χ1n) is 6.39. The Bertz CT molecular complexity index is 647. The highest BCUT2D eigenvalue weighted by Crippen LogP contribution is 2.23. The maximum atomic E-state index is 12.9. The van der Waals surface area contributed by atoms with Crippen LogP contribution in [0.25, 0.3) is 0 Å². The Kier molecular flexibility index (Phi) is 5.03. The molecule has 4 nitrogen and oxygen atoms in total. The van der Waals surface area contributed by atoms with Crippen LogP contribution >= 0.6 is 15.9 Å². The normalized spacial score (nSPS) is 12.1. The van der Waals surface area contributed by atoms with E-state index in [1.807, 2.05) is 6.92 Å². The summed E-state index contributed by atoms with van der Waals surface area (Å²) in [5.41, 5.74) is 1.96. The smallest absolute Gasteiger partial charge is 0.270 e. The van der Waals surface area contributed by atoms with Gasteiger partial charge >= 0.3 is 0 Å². The van der Waals surface area contributed by atoms with Gasteiger partial charge in [0.2, 0.25) is 0 Å². The fourth-order valence-electron chi connectivity index (χ4n) is 1.93. The zero-order valence-electron chi connectivity index (χ0n) is 11.3. The van der Waals surface area contributed by atoms with Crippen LogP contribution in [0.5, 0.6) is 0 Å². The Balaban J connectivity index is 2.02. The third-order valence-electron chi connectivity index (χ3n) is 3.22. The van der Waals surface area contributed by atoms with Gasteiger partial charge in [-0.2, -0.15) is 0 Å². The molecule has 0 aliphatic rings. The van der Waals surface area contributed by atoms with E-state index in [2.05, 4.69) is 21.2 Å². The minimum atomic E-state index is -0.427. The van der Waals surface area contributed by atoms with E-state index in [-0.39, 0.29) is 17.5 Å². The summed E-state index contributed by atoms with van der Waals surface area (Å²) in [6, 6.07) is 11.0. The summed E-state index contributed by atoms with van der Waals surface area (Å²) in [5.74, 6) is -0.260. The highest BCUT2D eigenvalue weighted by atomic mass is 79.9. The van der Waals surface area contributed by atoms with E-state index < -0.39 is 4.92 Å². The molecular weight excluding hydrogens is 339 g/mol.